The number of Topliss-reactive ketones (excluding diaryl/α,β-unsaturated/α-hetero) is 3. The standard InChI is InChI=1S/C56H89NO15.C27H34N6O3.C16H34O6/c1-34-18-13-12-14-19-35(2)46(67-9)32-42-24-22-40(7)56(65,72-42)53(62)54(63)57-26-16-15-20-43(57)55(64)71-47(33-44(58)36(3)29-39(6)51(61)52(69-11)50(60)38(5)28-34)37(4)30-41-23-25-45(48(31-41)68-10)70-49(59)21-17-27-66-8;1-17-5-3-6-20-15-21(31-23(17)20)24-25-26(28)29-16-30-33(25)27(32-24)19-10-8-18(9-11-19)22(34)7-4-12-36-14-13-35-2;1-3-5-17-7-9-19-11-13-21-15-16-22-14-12-20-10-8-18-6-4-2/h12-14,18-19,29,34,36-38,40-48,51-52,58,61,65H,15-17,20-28,30-33H2,1-11H3;3,5-6,15-16,18-19,31H,4,7-14H2,1-2H3,(H2,28,29,30);3-16H2,1-2H3/b14-12+,18-13+,35-19+,39-29+;;/t34-,36-,37-,38-,40-,41+,42+,43+,44-,45-,46+,47+,48-,51-,52+,56-;;/m1../s1. The van der Waals surface area contributed by atoms with Crippen LogP contribution in [0.2, 0.25) is 0 Å². The maximum Gasteiger partial charge on any atom is 0.329 e. The first-order valence-electron chi connectivity index (χ1n) is 47.6. The molecule has 5 aliphatic rings. The van der Waals surface area contributed by atoms with Crippen molar-refractivity contribution < 1.29 is 115 Å². The summed E-state index contributed by atoms with van der Waals surface area (Å²) in [5.74, 6) is -5.85. The van der Waals surface area contributed by atoms with Gasteiger partial charge in [-0.25, -0.2) is 19.3 Å². The van der Waals surface area contributed by atoms with Gasteiger partial charge in [-0.15, -0.1) is 0 Å². The Morgan fingerprint density at radius 3 is 1.94 bits per heavy atom. The lowest BCUT2D eigenvalue weighted by Crippen LogP contribution is -2.61. The number of esters is 2. The number of cyclic esters (lactones) is 1. The number of imidazole rings is 1. The maximum absolute atomic E-state index is 14.6. The number of nitrogens with zero attached hydrogens (tertiary/aromatic N) is 5. The number of carbonyl (C=O) groups excluding carboxylic acids is 6. The van der Waals surface area contributed by atoms with Crippen molar-refractivity contribution in [2.75, 3.05) is 154 Å². The number of H-pyrrole nitrogens is 1. The Labute approximate surface area is 771 Å². The van der Waals surface area contributed by atoms with Crippen LogP contribution in [0.5, 0.6) is 0 Å². The summed E-state index contributed by atoms with van der Waals surface area (Å²) in [6, 6.07) is 7.20. The van der Waals surface area contributed by atoms with E-state index in [0.29, 0.717) is 187 Å². The normalized spacial score (nSPS) is 28.3. The number of aliphatic hydroxyl groups is 3. The molecule has 31 heteroatoms. The Morgan fingerprint density at radius 1 is 0.677 bits per heavy atom. The number of rotatable bonds is 40. The van der Waals surface area contributed by atoms with E-state index in [4.69, 9.17) is 81.8 Å². The molecule has 3 aliphatic heterocycles. The second-order valence-electron chi connectivity index (χ2n) is 35.7. The summed E-state index contributed by atoms with van der Waals surface area (Å²) >= 11 is 0. The number of nitrogens with two attached hydrogens (primary N) is 1. The van der Waals surface area contributed by atoms with Crippen molar-refractivity contribution in [3.8, 4) is 11.4 Å². The van der Waals surface area contributed by atoms with E-state index < -0.39 is 90.0 Å². The molecule has 2 saturated carbocycles. The van der Waals surface area contributed by atoms with Crippen molar-refractivity contribution >= 4 is 57.4 Å². The number of aliphatic hydroxyl groups excluding tert-OH is 2. The van der Waals surface area contributed by atoms with E-state index in [1.165, 1.54) is 23.9 Å². The average molecular weight is 1830 g/mol. The summed E-state index contributed by atoms with van der Waals surface area (Å²) in [4.78, 5) is 96.4. The average Bonchev–Trinajstić information content (AvgIpc) is 1.56. The van der Waals surface area contributed by atoms with Crippen molar-refractivity contribution in [2.24, 2.45) is 41.4 Å². The molecule has 4 aromatic rings. The van der Waals surface area contributed by atoms with Gasteiger partial charge in [0.1, 0.15) is 59.6 Å². The molecule has 0 unspecified atom stereocenters. The highest BCUT2D eigenvalue weighted by Gasteiger charge is 2.53. The van der Waals surface area contributed by atoms with Crippen LogP contribution in [0.3, 0.4) is 0 Å². The summed E-state index contributed by atoms with van der Waals surface area (Å²) in [5, 5.41) is 41.1. The van der Waals surface area contributed by atoms with Crippen LogP contribution in [0.4, 0.5) is 5.82 Å². The second-order valence-corrected chi connectivity index (χ2v) is 35.7. The number of nitrogens with one attached hydrogen (secondary N) is 1. The molecule has 1 amide bonds. The van der Waals surface area contributed by atoms with Crippen LogP contribution in [0, 0.1) is 48.3 Å². The summed E-state index contributed by atoms with van der Waals surface area (Å²) in [7, 11) is 7.80. The van der Waals surface area contributed by atoms with Crippen molar-refractivity contribution in [1.29, 1.82) is 0 Å². The molecule has 6 N–H and O–H groups in total. The number of piperidine rings is 1. The lowest BCUT2D eigenvalue weighted by molar-refractivity contribution is -0.265. The maximum atomic E-state index is 14.6. The highest BCUT2D eigenvalue weighted by molar-refractivity contribution is 6.39. The first-order valence-corrected chi connectivity index (χ1v) is 47.6. The molecular weight excluding hydrogens is 1670 g/mol. The highest BCUT2D eigenvalue weighted by atomic mass is 16.6. The van der Waals surface area contributed by atoms with Gasteiger partial charge in [-0.3, -0.25) is 24.0 Å². The van der Waals surface area contributed by atoms with E-state index in [0.717, 1.165) is 97.4 Å². The molecule has 6 heterocycles. The minimum atomic E-state index is -2.44. The van der Waals surface area contributed by atoms with E-state index in [1.54, 1.807) is 55.3 Å². The molecule has 16 atom stereocenters. The molecule has 732 valence electrons. The molecule has 9 rings (SSSR count). The molecule has 2 bridgehead atoms. The van der Waals surface area contributed by atoms with E-state index >= 15 is 0 Å². The minimum Gasteiger partial charge on any atom is -0.460 e. The van der Waals surface area contributed by atoms with E-state index in [9.17, 15) is 44.1 Å². The van der Waals surface area contributed by atoms with Crippen molar-refractivity contribution in [1.82, 2.24) is 29.5 Å². The summed E-state index contributed by atoms with van der Waals surface area (Å²) in [5.41, 5.74) is 12.3. The summed E-state index contributed by atoms with van der Waals surface area (Å²) in [6.07, 6.45) is 19.8. The molecule has 2 aliphatic carbocycles. The number of aromatic nitrogens is 5. The van der Waals surface area contributed by atoms with Gasteiger partial charge < -0.3 is 102 Å². The van der Waals surface area contributed by atoms with Gasteiger partial charge in [0.25, 0.3) is 11.7 Å². The molecule has 0 radical (unpaired) electrons. The molecule has 1 aromatic carbocycles. The Bertz CT molecular complexity index is 4100. The zero-order valence-electron chi connectivity index (χ0n) is 80.5. The predicted octanol–water partition coefficient (Wildman–Crippen LogP) is 13.3. The predicted molar refractivity (Wildman–Crippen MR) is 495 cm³/mol. The molecule has 2 saturated heterocycles. The molecule has 3 aromatic heterocycles. The van der Waals surface area contributed by atoms with Crippen molar-refractivity contribution in [2.45, 2.75) is 277 Å². The zero-order valence-corrected chi connectivity index (χ0v) is 80.5. The Balaban J connectivity index is 0.000000325. The number of aryl methyl sites for hydroxylation is 1. The van der Waals surface area contributed by atoms with Gasteiger partial charge in [0.15, 0.2) is 11.6 Å². The lowest BCUT2D eigenvalue weighted by atomic mass is 9.78. The van der Waals surface area contributed by atoms with Crippen LogP contribution in [0.25, 0.3) is 27.8 Å². The summed E-state index contributed by atoms with van der Waals surface area (Å²) < 4.78 is 85.2. The van der Waals surface area contributed by atoms with Crippen LogP contribution >= 0.6 is 0 Å². The monoisotopic (exact) mass is 1830 g/mol. The van der Waals surface area contributed by atoms with Gasteiger partial charge in [0, 0.05) is 135 Å². The van der Waals surface area contributed by atoms with Gasteiger partial charge in [0.2, 0.25) is 5.79 Å². The van der Waals surface area contributed by atoms with E-state index in [1.807, 2.05) is 62.6 Å². The number of ketones is 3. The second kappa shape index (κ2) is 59.6. The zero-order chi connectivity index (χ0) is 94.5. The molecular formula is C99H157N7O24. The Kier molecular flexibility index (Phi) is 50.3. The van der Waals surface area contributed by atoms with Gasteiger partial charge in [0.05, 0.1) is 109 Å². The quantitative estimate of drug-likeness (QED) is 0.0119. The number of allylic oxidation sites excluding steroid dienone is 5. The Hall–Kier alpha value is -7.15. The number of para-hydroxylation sites is 1. The van der Waals surface area contributed by atoms with E-state index in [2.05, 4.69) is 60.1 Å². The smallest absolute Gasteiger partial charge is 0.329 e. The largest absolute Gasteiger partial charge is 0.460 e. The SMILES string of the molecule is CCCOCCOCCOCCOCCOCCOCCC.COCCCC(=O)O[C@@H]1CC[C@@H](C[C@@H](C)[C@@H]2C[C@@H](O)[C@H](C)/C=C(\C)[C@@H](O)[C@@H](OC)C(=O)[C@H](C)C[C@H](C)/C=C/C=C/C=C(\C)[C@@H](OC)C[C@@H]3CC[C@@H](C)[C@@](O)(O3)C(=O)C(=O)N3CCCC[C@H]3C(=O)O2)C[C@H]1OC.COCCOCCCC(=O)C1CCC(c2nc(-c3cc4cccc(C)c4[nH]3)c3c(N)ncnn23)CC1. The fourth-order valence-electron chi connectivity index (χ4n) is 17.8. The number of methoxy groups -OCH3 is 5. The Morgan fingerprint density at radius 2 is 1.32 bits per heavy atom. The number of hydrogen-bond donors (Lipinski definition) is 5. The molecule has 130 heavy (non-hydrogen) atoms. The van der Waals surface area contributed by atoms with Gasteiger partial charge in [-0.2, -0.15) is 5.10 Å². The van der Waals surface area contributed by atoms with Gasteiger partial charge >= 0.3 is 11.9 Å². The number of nitrogen functional groups attached to an aromatic ring is 1. The molecule has 0 spiro atoms. The van der Waals surface area contributed by atoms with Gasteiger partial charge in [-0.05, 0) is 177 Å². The third-order valence-electron chi connectivity index (χ3n) is 25.5. The number of amides is 1. The van der Waals surface area contributed by atoms with Crippen LogP contribution in [-0.4, -0.2) is 288 Å². The van der Waals surface area contributed by atoms with Crippen molar-refractivity contribution in [3.05, 3.63) is 89.6 Å². The number of benzene rings is 1. The van der Waals surface area contributed by atoms with Gasteiger partial charge in [-0.1, -0.05) is 103 Å². The topological polar surface area (TPSA) is 390 Å². The third-order valence-corrected chi connectivity index (χ3v) is 25.5. The number of carbonyl (C=O) groups is 6. The van der Waals surface area contributed by atoms with Crippen LogP contribution in [-0.2, 0) is 99.8 Å². The fourth-order valence-corrected chi connectivity index (χ4v) is 17.8. The first kappa shape index (κ1) is 110. The summed E-state index contributed by atoms with van der Waals surface area (Å²) in [6.45, 7) is 29.1. The van der Waals surface area contributed by atoms with Crippen LogP contribution in [0.15, 0.2) is 78.2 Å². The lowest BCUT2D eigenvalue weighted by Gasteiger charge is -2.43. The fraction of sp³-hybridized carbons (Fsp3) is 0.727. The van der Waals surface area contributed by atoms with Crippen LogP contribution < -0.4 is 5.73 Å². The minimum absolute atomic E-state index is 0.0103. The number of hydrogen-bond acceptors (Lipinski definition) is 28. The van der Waals surface area contributed by atoms with Crippen molar-refractivity contribution in [3.63, 3.8) is 0 Å². The molecule has 31 nitrogen and oxygen atoms in total. The molecule has 4 fully saturated rings. The number of anilines is 1. The third kappa shape index (κ3) is 35.0. The number of fused-ring (bicyclic) bond motifs is 5. The number of ether oxygens (including phenoxy) is 15. The highest BCUT2D eigenvalue weighted by Crippen LogP contribution is 2.42. The van der Waals surface area contributed by atoms with Crippen LogP contribution in [0.1, 0.15) is 221 Å². The number of aromatic amines is 1. The first-order chi connectivity index (χ1) is 62.7. The van der Waals surface area contributed by atoms with E-state index in [-0.39, 0.29) is 73.3 Å².